The number of aromatic amines is 1. The lowest BCUT2D eigenvalue weighted by Gasteiger charge is -2.11. The summed E-state index contributed by atoms with van der Waals surface area (Å²) < 4.78 is 0. The maximum absolute atomic E-state index is 6.07. The van der Waals surface area contributed by atoms with Gasteiger partial charge in [0.15, 0.2) is 0 Å². The second-order valence-electron chi connectivity index (χ2n) is 4.54. The number of hydrogen-bond donors (Lipinski definition) is 2. The molecule has 86 valence electrons. The van der Waals surface area contributed by atoms with E-state index in [4.69, 9.17) is 5.73 Å². The SMILES string of the molecule is CCCCC(C)c1c(N)[nH]c2ccccc12. The van der Waals surface area contributed by atoms with Crippen molar-refractivity contribution in [2.45, 2.75) is 39.0 Å². The lowest BCUT2D eigenvalue weighted by molar-refractivity contribution is 0.628. The van der Waals surface area contributed by atoms with Gasteiger partial charge in [0.05, 0.1) is 0 Å². The predicted octanol–water partition coefficient (Wildman–Crippen LogP) is 4.04. The first-order valence-electron chi connectivity index (χ1n) is 6.10. The number of anilines is 1. The van der Waals surface area contributed by atoms with Crippen LogP contribution in [0.3, 0.4) is 0 Å². The van der Waals surface area contributed by atoms with E-state index in [2.05, 4.69) is 37.0 Å². The molecular weight excluding hydrogens is 196 g/mol. The molecule has 3 N–H and O–H groups in total. The molecule has 2 aromatic rings. The summed E-state index contributed by atoms with van der Waals surface area (Å²) >= 11 is 0. The summed E-state index contributed by atoms with van der Waals surface area (Å²) in [5.41, 5.74) is 8.52. The Morgan fingerprint density at radius 1 is 1.31 bits per heavy atom. The second kappa shape index (κ2) is 4.60. The Morgan fingerprint density at radius 2 is 2.06 bits per heavy atom. The van der Waals surface area contributed by atoms with Crippen molar-refractivity contribution in [1.29, 1.82) is 0 Å². The largest absolute Gasteiger partial charge is 0.385 e. The van der Waals surface area contributed by atoms with Crippen molar-refractivity contribution in [3.05, 3.63) is 29.8 Å². The zero-order chi connectivity index (χ0) is 11.5. The summed E-state index contributed by atoms with van der Waals surface area (Å²) in [6, 6.07) is 8.35. The van der Waals surface area contributed by atoms with Crippen molar-refractivity contribution >= 4 is 16.7 Å². The fourth-order valence-corrected chi connectivity index (χ4v) is 2.37. The average Bonchev–Trinajstić information content (AvgIpc) is 2.62. The van der Waals surface area contributed by atoms with Crippen LogP contribution in [0.1, 0.15) is 44.6 Å². The van der Waals surface area contributed by atoms with Gasteiger partial charge in [0.2, 0.25) is 0 Å². The zero-order valence-electron chi connectivity index (χ0n) is 10.1. The monoisotopic (exact) mass is 216 g/mol. The zero-order valence-corrected chi connectivity index (χ0v) is 10.1. The van der Waals surface area contributed by atoms with E-state index in [0.29, 0.717) is 5.92 Å². The Morgan fingerprint density at radius 3 is 2.81 bits per heavy atom. The maximum Gasteiger partial charge on any atom is 0.105 e. The van der Waals surface area contributed by atoms with Gasteiger partial charge in [-0.3, -0.25) is 0 Å². The number of para-hydroxylation sites is 1. The Balaban J connectivity index is 2.38. The Hall–Kier alpha value is -1.44. The molecular formula is C14H20N2. The molecule has 0 fully saturated rings. The number of H-pyrrole nitrogens is 1. The number of nitrogens with two attached hydrogens (primary N) is 1. The standard InChI is InChI=1S/C14H20N2/c1-3-4-7-10(2)13-11-8-5-6-9-12(11)16-14(13)15/h5-6,8-10,16H,3-4,7,15H2,1-2H3. The van der Waals surface area contributed by atoms with Gasteiger partial charge >= 0.3 is 0 Å². The smallest absolute Gasteiger partial charge is 0.105 e. The molecule has 0 bridgehead atoms. The molecule has 0 amide bonds. The molecule has 2 rings (SSSR count). The van der Waals surface area contributed by atoms with Crippen LogP contribution in [0, 0.1) is 0 Å². The molecule has 1 aromatic carbocycles. The van der Waals surface area contributed by atoms with Crippen molar-refractivity contribution in [2.24, 2.45) is 0 Å². The number of fused-ring (bicyclic) bond motifs is 1. The van der Waals surface area contributed by atoms with Crippen molar-refractivity contribution in [3.63, 3.8) is 0 Å². The van der Waals surface area contributed by atoms with Crippen LogP contribution in [-0.4, -0.2) is 4.98 Å². The van der Waals surface area contributed by atoms with Gasteiger partial charge < -0.3 is 10.7 Å². The van der Waals surface area contributed by atoms with E-state index in [1.165, 1.54) is 30.2 Å². The minimum Gasteiger partial charge on any atom is -0.385 e. The van der Waals surface area contributed by atoms with Gasteiger partial charge in [0, 0.05) is 16.5 Å². The molecule has 1 atom stereocenters. The van der Waals surface area contributed by atoms with Gasteiger partial charge in [0.1, 0.15) is 5.82 Å². The highest BCUT2D eigenvalue weighted by Gasteiger charge is 2.14. The van der Waals surface area contributed by atoms with Crippen LogP contribution >= 0.6 is 0 Å². The lowest BCUT2D eigenvalue weighted by Crippen LogP contribution is -1.97. The summed E-state index contributed by atoms with van der Waals surface area (Å²) in [6.07, 6.45) is 3.72. The Bertz CT molecular complexity index is 471. The quantitative estimate of drug-likeness (QED) is 0.795. The van der Waals surface area contributed by atoms with E-state index in [1.54, 1.807) is 0 Å². The van der Waals surface area contributed by atoms with E-state index in [-0.39, 0.29) is 0 Å². The molecule has 16 heavy (non-hydrogen) atoms. The minimum atomic E-state index is 0.538. The first-order chi connectivity index (χ1) is 7.74. The lowest BCUT2D eigenvalue weighted by atomic mass is 9.94. The van der Waals surface area contributed by atoms with Crippen LogP contribution in [0.25, 0.3) is 10.9 Å². The highest BCUT2D eigenvalue weighted by atomic mass is 14.9. The van der Waals surface area contributed by atoms with Crippen molar-refractivity contribution in [2.75, 3.05) is 5.73 Å². The average molecular weight is 216 g/mol. The van der Waals surface area contributed by atoms with Crippen LogP contribution in [0.2, 0.25) is 0 Å². The number of benzene rings is 1. The molecule has 0 aliphatic heterocycles. The molecule has 1 unspecified atom stereocenters. The van der Waals surface area contributed by atoms with Gasteiger partial charge in [-0.25, -0.2) is 0 Å². The third-order valence-electron chi connectivity index (χ3n) is 3.26. The molecule has 0 radical (unpaired) electrons. The number of nitrogen functional groups attached to an aromatic ring is 1. The summed E-state index contributed by atoms with van der Waals surface area (Å²) in [5, 5.41) is 1.28. The number of aromatic nitrogens is 1. The molecule has 1 aromatic heterocycles. The van der Waals surface area contributed by atoms with E-state index in [0.717, 1.165) is 11.3 Å². The van der Waals surface area contributed by atoms with E-state index >= 15 is 0 Å². The number of hydrogen-bond acceptors (Lipinski definition) is 1. The molecule has 1 heterocycles. The van der Waals surface area contributed by atoms with Gasteiger partial charge in [-0.1, -0.05) is 44.9 Å². The van der Waals surface area contributed by atoms with Gasteiger partial charge in [-0.15, -0.1) is 0 Å². The Kier molecular flexibility index (Phi) is 3.18. The highest BCUT2D eigenvalue weighted by Crippen LogP contribution is 2.33. The maximum atomic E-state index is 6.07. The van der Waals surface area contributed by atoms with E-state index in [9.17, 15) is 0 Å². The van der Waals surface area contributed by atoms with E-state index in [1.807, 2.05) is 6.07 Å². The van der Waals surface area contributed by atoms with Crippen molar-refractivity contribution in [1.82, 2.24) is 4.98 Å². The highest BCUT2D eigenvalue weighted by molar-refractivity contribution is 5.88. The topological polar surface area (TPSA) is 41.8 Å². The van der Waals surface area contributed by atoms with Crippen LogP contribution in [0.15, 0.2) is 24.3 Å². The van der Waals surface area contributed by atoms with E-state index < -0.39 is 0 Å². The summed E-state index contributed by atoms with van der Waals surface area (Å²) in [6.45, 7) is 4.49. The molecule has 0 saturated carbocycles. The van der Waals surface area contributed by atoms with Gasteiger partial charge in [-0.05, 0) is 18.4 Å². The van der Waals surface area contributed by atoms with Crippen LogP contribution < -0.4 is 5.73 Å². The van der Waals surface area contributed by atoms with Gasteiger partial charge in [-0.2, -0.15) is 0 Å². The summed E-state index contributed by atoms with van der Waals surface area (Å²) in [7, 11) is 0. The first-order valence-corrected chi connectivity index (χ1v) is 6.10. The van der Waals surface area contributed by atoms with Crippen LogP contribution in [0.4, 0.5) is 5.82 Å². The Labute approximate surface area is 96.9 Å². The fourth-order valence-electron chi connectivity index (χ4n) is 2.37. The minimum absolute atomic E-state index is 0.538. The fraction of sp³-hybridized carbons (Fsp3) is 0.429. The molecule has 2 nitrogen and oxygen atoms in total. The predicted molar refractivity (Wildman–Crippen MR) is 70.7 cm³/mol. The number of unbranched alkanes of at least 4 members (excludes halogenated alkanes) is 1. The van der Waals surface area contributed by atoms with Crippen molar-refractivity contribution in [3.8, 4) is 0 Å². The molecule has 0 spiro atoms. The second-order valence-corrected chi connectivity index (χ2v) is 4.54. The van der Waals surface area contributed by atoms with Crippen molar-refractivity contribution < 1.29 is 0 Å². The third kappa shape index (κ3) is 1.92. The third-order valence-corrected chi connectivity index (χ3v) is 3.26. The molecule has 0 aliphatic rings. The molecule has 0 aliphatic carbocycles. The summed E-state index contributed by atoms with van der Waals surface area (Å²) in [5.74, 6) is 1.38. The van der Waals surface area contributed by atoms with Crippen LogP contribution in [-0.2, 0) is 0 Å². The number of rotatable bonds is 4. The summed E-state index contributed by atoms with van der Waals surface area (Å²) in [4.78, 5) is 3.26. The molecule has 2 heteroatoms. The normalized spacial score (nSPS) is 13.1. The van der Waals surface area contributed by atoms with Gasteiger partial charge in [0.25, 0.3) is 0 Å². The molecule has 0 saturated heterocycles. The number of nitrogens with one attached hydrogen (secondary N) is 1. The first kappa shape index (κ1) is 11.1. The van der Waals surface area contributed by atoms with Crippen LogP contribution in [0.5, 0.6) is 0 Å².